The maximum atomic E-state index is 15.0. The van der Waals surface area contributed by atoms with Gasteiger partial charge in [-0.25, -0.2) is 4.39 Å². The van der Waals surface area contributed by atoms with Crippen molar-refractivity contribution in [3.63, 3.8) is 0 Å². The second-order valence-electron chi connectivity index (χ2n) is 8.46. The number of aliphatic hydroxyl groups is 1. The quantitative estimate of drug-likeness (QED) is 0.169. The van der Waals surface area contributed by atoms with Gasteiger partial charge in [0.05, 0.1) is 18.2 Å². The van der Waals surface area contributed by atoms with Gasteiger partial charge < -0.3 is 9.84 Å². The summed E-state index contributed by atoms with van der Waals surface area (Å²) in [4.78, 5) is 27.7. The van der Waals surface area contributed by atoms with Crippen LogP contribution in [0.4, 0.5) is 10.1 Å². The molecule has 0 aliphatic carbocycles. The smallest absolute Gasteiger partial charge is 0.300 e. The fourth-order valence-electron chi connectivity index (χ4n) is 4.28. The first-order valence-electron chi connectivity index (χ1n) is 11.9. The summed E-state index contributed by atoms with van der Waals surface area (Å²) in [6.07, 6.45) is 4.24. The predicted octanol–water partition coefficient (Wildman–Crippen LogP) is 6.41. The molecule has 1 aliphatic rings. The number of hydrogen-bond donors (Lipinski definition) is 1. The number of carbonyl (C=O) groups excluding carboxylic acids is 2. The molecule has 4 rings (SSSR count). The van der Waals surface area contributed by atoms with Gasteiger partial charge in [0.2, 0.25) is 0 Å². The molecule has 1 heterocycles. The zero-order valence-electron chi connectivity index (χ0n) is 19.6. The van der Waals surface area contributed by atoms with Gasteiger partial charge in [0.15, 0.2) is 0 Å². The number of benzene rings is 3. The number of ketones is 1. The molecular weight excluding hydrogens is 445 g/mol. The van der Waals surface area contributed by atoms with Crippen LogP contribution in [0, 0.1) is 5.82 Å². The van der Waals surface area contributed by atoms with Crippen LogP contribution < -0.4 is 9.64 Å². The minimum Gasteiger partial charge on any atom is -0.507 e. The third-order valence-electron chi connectivity index (χ3n) is 6.05. The minimum atomic E-state index is -1.13. The van der Waals surface area contributed by atoms with E-state index in [1.807, 2.05) is 0 Å². The molecule has 1 amide bonds. The molecular formula is C29H28FNO4. The molecule has 180 valence electrons. The fourth-order valence-corrected chi connectivity index (χ4v) is 4.28. The zero-order chi connectivity index (χ0) is 24.8. The standard InChI is InChI=1S/C29H28FNO4/c1-2-3-4-10-18-35-22-15-11-14-21(19-22)31-26(23-16-8-9-17-24(23)30)25(28(33)29(31)34)27(32)20-12-6-5-7-13-20/h5-9,11-17,19,26,32H,2-4,10,18H2,1H3/t26-/m0/s1. The third-order valence-corrected chi connectivity index (χ3v) is 6.05. The van der Waals surface area contributed by atoms with Crippen molar-refractivity contribution in [1.29, 1.82) is 0 Å². The van der Waals surface area contributed by atoms with E-state index < -0.39 is 23.5 Å². The number of nitrogens with zero attached hydrogens (tertiary/aromatic N) is 1. The predicted molar refractivity (Wildman–Crippen MR) is 134 cm³/mol. The highest BCUT2D eigenvalue weighted by Gasteiger charge is 2.47. The van der Waals surface area contributed by atoms with E-state index in [1.54, 1.807) is 60.7 Å². The number of Topliss-reactive ketones (excluding diaryl/α,β-unsaturated/α-hetero) is 1. The molecule has 0 saturated carbocycles. The van der Waals surface area contributed by atoms with E-state index in [1.165, 1.54) is 23.1 Å². The van der Waals surface area contributed by atoms with E-state index in [-0.39, 0.29) is 16.9 Å². The summed E-state index contributed by atoms with van der Waals surface area (Å²) in [5.74, 6) is -2.08. The van der Waals surface area contributed by atoms with Crippen LogP contribution in [0.3, 0.4) is 0 Å². The van der Waals surface area contributed by atoms with Gasteiger partial charge in [-0.05, 0) is 24.6 Å². The molecule has 0 unspecified atom stereocenters. The van der Waals surface area contributed by atoms with E-state index in [9.17, 15) is 19.1 Å². The van der Waals surface area contributed by atoms with Gasteiger partial charge in [-0.2, -0.15) is 0 Å². The molecule has 1 atom stereocenters. The Kier molecular flexibility index (Phi) is 7.60. The number of hydrogen-bond acceptors (Lipinski definition) is 4. The number of carbonyl (C=O) groups is 2. The van der Waals surface area contributed by atoms with Crippen molar-refractivity contribution in [2.24, 2.45) is 0 Å². The summed E-state index contributed by atoms with van der Waals surface area (Å²) >= 11 is 0. The van der Waals surface area contributed by atoms with Gasteiger partial charge in [-0.15, -0.1) is 0 Å². The van der Waals surface area contributed by atoms with Crippen LogP contribution in [0.25, 0.3) is 5.76 Å². The summed E-state index contributed by atoms with van der Waals surface area (Å²) in [6.45, 7) is 2.68. The highest BCUT2D eigenvalue weighted by Crippen LogP contribution is 2.43. The Bertz CT molecular complexity index is 1240. The molecule has 1 N–H and O–H groups in total. The maximum Gasteiger partial charge on any atom is 0.300 e. The van der Waals surface area contributed by atoms with E-state index in [0.29, 0.717) is 23.6 Å². The molecule has 5 nitrogen and oxygen atoms in total. The Morgan fingerprint density at radius 2 is 1.69 bits per heavy atom. The summed E-state index contributed by atoms with van der Waals surface area (Å²) in [5.41, 5.74) is 0.724. The number of aliphatic hydroxyl groups excluding tert-OH is 1. The zero-order valence-corrected chi connectivity index (χ0v) is 19.6. The van der Waals surface area contributed by atoms with Crippen molar-refractivity contribution in [3.05, 3.63) is 101 Å². The molecule has 6 heteroatoms. The average molecular weight is 474 g/mol. The Balaban J connectivity index is 1.77. The van der Waals surface area contributed by atoms with Crippen LogP contribution in [0.15, 0.2) is 84.4 Å². The van der Waals surface area contributed by atoms with Gasteiger partial charge in [-0.3, -0.25) is 14.5 Å². The van der Waals surface area contributed by atoms with E-state index in [2.05, 4.69) is 6.92 Å². The van der Waals surface area contributed by atoms with E-state index in [0.717, 1.165) is 25.7 Å². The van der Waals surface area contributed by atoms with Crippen molar-refractivity contribution in [2.45, 2.75) is 38.6 Å². The molecule has 0 spiro atoms. The summed E-state index contributed by atoms with van der Waals surface area (Å²) in [7, 11) is 0. The van der Waals surface area contributed by atoms with Gasteiger partial charge >= 0.3 is 0 Å². The molecule has 1 saturated heterocycles. The number of ether oxygens (including phenoxy) is 1. The lowest BCUT2D eigenvalue weighted by Crippen LogP contribution is -2.29. The van der Waals surface area contributed by atoms with Crippen LogP contribution in [0.2, 0.25) is 0 Å². The Morgan fingerprint density at radius 1 is 0.943 bits per heavy atom. The minimum absolute atomic E-state index is 0.120. The SMILES string of the molecule is CCCCCCOc1cccc(N2C(=O)C(=O)C(=C(O)c3ccccc3)[C@@H]2c2ccccc2F)c1. The lowest BCUT2D eigenvalue weighted by Gasteiger charge is -2.26. The number of halogens is 1. The first-order valence-corrected chi connectivity index (χ1v) is 11.9. The van der Waals surface area contributed by atoms with Crippen molar-refractivity contribution in [3.8, 4) is 5.75 Å². The van der Waals surface area contributed by atoms with Crippen LogP contribution in [-0.2, 0) is 9.59 Å². The number of unbranched alkanes of at least 4 members (excludes halogenated alkanes) is 3. The molecule has 3 aromatic carbocycles. The normalized spacial score (nSPS) is 17.1. The van der Waals surface area contributed by atoms with Crippen molar-refractivity contribution in [2.75, 3.05) is 11.5 Å². The number of rotatable bonds is 9. The molecule has 1 aliphatic heterocycles. The molecule has 0 bridgehead atoms. The second kappa shape index (κ2) is 11.0. The van der Waals surface area contributed by atoms with E-state index >= 15 is 0 Å². The summed E-state index contributed by atoms with van der Waals surface area (Å²) in [6, 6.07) is 20.1. The van der Waals surface area contributed by atoms with Crippen molar-refractivity contribution >= 4 is 23.1 Å². The highest BCUT2D eigenvalue weighted by molar-refractivity contribution is 6.51. The van der Waals surface area contributed by atoms with Gasteiger partial charge in [0, 0.05) is 22.9 Å². The van der Waals surface area contributed by atoms with Crippen molar-refractivity contribution < 1.29 is 23.8 Å². The van der Waals surface area contributed by atoms with Crippen LogP contribution in [0.1, 0.15) is 49.8 Å². The lowest BCUT2D eigenvalue weighted by molar-refractivity contribution is -0.132. The Morgan fingerprint density at radius 3 is 2.43 bits per heavy atom. The number of anilines is 1. The average Bonchev–Trinajstić information content (AvgIpc) is 3.14. The molecule has 35 heavy (non-hydrogen) atoms. The summed E-state index contributed by atoms with van der Waals surface area (Å²) < 4.78 is 20.9. The van der Waals surface area contributed by atoms with Crippen LogP contribution in [-0.4, -0.2) is 23.4 Å². The van der Waals surface area contributed by atoms with Gasteiger partial charge in [0.1, 0.15) is 17.3 Å². The highest BCUT2D eigenvalue weighted by atomic mass is 19.1. The Hall–Kier alpha value is -3.93. The second-order valence-corrected chi connectivity index (χ2v) is 8.46. The molecule has 1 fully saturated rings. The largest absolute Gasteiger partial charge is 0.507 e. The van der Waals surface area contributed by atoms with Gasteiger partial charge in [0.25, 0.3) is 11.7 Å². The lowest BCUT2D eigenvalue weighted by atomic mass is 9.94. The molecule has 0 aromatic heterocycles. The summed E-state index contributed by atoms with van der Waals surface area (Å²) in [5, 5.41) is 11.1. The first-order chi connectivity index (χ1) is 17.0. The van der Waals surface area contributed by atoms with Gasteiger partial charge in [-0.1, -0.05) is 80.8 Å². The fraction of sp³-hybridized carbons (Fsp3) is 0.241. The maximum absolute atomic E-state index is 15.0. The first kappa shape index (κ1) is 24.2. The van der Waals surface area contributed by atoms with E-state index in [4.69, 9.17) is 4.74 Å². The topological polar surface area (TPSA) is 66.8 Å². The Labute approximate surface area is 204 Å². The van der Waals surface area contributed by atoms with Crippen LogP contribution >= 0.6 is 0 Å². The monoisotopic (exact) mass is 473 g/mol. The molecule has 0 radical (unpaired) electrons. The number of amides is 1. The molecule has 3 aromatic rings. The van der Waals surface area contributed by atoms with Crippen molar-refractivity contribution in [1.82, 2.24) is 0 Å². The third kappa shape index (κ3) is 5.11. The van der Waals surface area contributed by atoms with Crippen LogP contribution in [0.5, 0.6) is 5.75 Å².